The first-order chi connectivity index (χ1) is 10.5. The molecule has 2 aromatic carbocycles. The van der Waals surface area contributed by atoms with Gasteiger partial charge in [0.25, 0.3) is 0 Å². The number of aryl methyl sites for hydroxylation is 2. The van der Waals surface area contributed by atoms with Crippen LogP contribution in [0, 0.1) is 13.8 Å². The largest absolute Gasteiger partial charge is 0.305 e. The molecule has 0 amide bonds. The molecule has 0 bridgehead atoms. The van der Waals surface area contributed by atoms with Crippen molar-refractivity contribution in [2.24, 2.45) is 0 Å². The topological polar surface area (TPSA) is 52.0 Å². The van der Waals surface area contributed by atoms with Gasteiger partial charge < -0.3 is 4.57 Å². The van der Waals surface area contributed by atoms with Crippen molar-refractivity contribution in [3.8, 4) is 5.69 Å². The molecule has 0 aliphatic rings. The van der Waals surface area contributed by atoms with Gasteiger partial charge in [0.15, 0.2) is 5.03 Å². The summed E-state index contributed by atoms with van der Waals surface area (Å²) in [6, 6.07) is 14.6. The third-order valence-electron chi connectivity index (χ3n) is 3.50. The van der Waals surface area contributed by atoms with Gasteiger partial charge in [-0.25, -0.2) is 13.4 Å². The number of hydrogen-bond donors (Lipinski definition) is 0. The minimum absolute atomic E-state index is 0.0527. The molecular weight excluding hydrogens is 296 g/mol. The first kappa shape index (κ1) is 14.5. The molecule has 0 atom stereocenters. The van der Waals surface area contributed by atoms with Crippen molar-refractivity contribution in [3.05, 3.63) is 72.2 Å². The highest BCUT2D eigenvalue weighted by molar-refractivity contribution is 7.91. The van der Waals surface area contributed by atoms with Crippen molar-refractivity contribution in [2.45, 2.75) is 23.8 Å². The highest BCUT2D eigenvalue weighted by Crippen LogP contribution is 2.21. The summed E-state index contributed by atoms with van der Waals surface area (Å²) >= 11 is 0. The van der Waals surface area contributed by atoms with Crippen molar-refractivity contribution in [1.29, 1.82) is 0 Å². The molecule has 0 radical (unpaired) electrons. The van der Waals surface area contributed by atoms with Crippen LogP contribution in [0.3, 0.4) is 0 Å². The van der Waals surface area contributed by atoms with E-state index < -0.39 is 9.84 Å². The standard InChI is InChI=1S/C17H16N2O2S/c1-13-3-7-15(8-4-13)19-11-17(18-12-19)22(20,21)16-9-5-14(2)6-10-16/h3-12H,1-2H3. The van der Waals surface area contributed by atoms with Crippen LogP contribution in [-0.4, -0.2) is 18.0 Å². The van der Waals surface area contributed by atoms with Gasteiger partial charge in [-0.1, -0.05) is 35.4 Å². The van der Waals surface area contributed by atoms with E-state index in [1.54, 1.807) is 35.0 Å². The molecule has 0 saturated heterocycles. The number of imidazole rings is 1. The predicted molar refractivity (Wildman–Crippen MR) is 84.9 cm³/mol. The molecule has 5 heteroatoms. The van der Waals surface area contributed by atoms with E-state index >= 15 is 0 Å². The minimum atomic E-state index is -3.58. The van der Waals surface area contributed by atoms with Gasteiger partial charge in [-0.15, -0.1) is 0 Å². The summed E-state index contributed by atoms with van der Waals surface area (Å²) in [7, 11) is -3.58. The van der Waals surface area contributed by atoms with Crippen molar-refractivity contribution < 1.29 is 8.42 Å². The summed E-state index contributed by atoms with van der Waals surface area (Å²) in [5, 5.41) is 0.0527. The molecule has 0 aliphatic heterocycles. The molecule has 0 N–H and O–H groups in total. The third kappa shape index (κ3) is 2.67. The zero-order chi connectivity index (χ0) is 15.7. The minimum Gasteiger partial charge on any atom is -0.305 e. The molecule has 0 fully saturated rings. The SMILES string of the molecule is Cc1ccc(-n2cnc(S(=O)(=O)c3ccc(C)cc3)c2)cc1. The Kier molecular flexibility index (Phi) is 3.58. The van der Waals surface area contributed by atoms with Gasteiger partial charge in [0.05, 0.1) is 4.90 Å². The first-order valence-electron chi connectivity index (χ1n) is 6.89. The number of benzene rings is 2. The fraction of sp³-hybridized carbons (Fsp3) is 0.118. The summed E-state index contributed by atoms with van der Waals surface area (Å²) < 4.78 is 26.8. The quantitative estimate of drug-likeness (QED) is 0.745. The Morgan fingerprint density at radius 3 is 2.00 bits per heavy atom. The number of sulfone groups is 1. The number of hydrogen-bond acceptors (Lipinski definition) is 3. The third-order valence-corrected chi connectivity index (χ3v) is 5.15. The Labute approximate surface area is 130 Å². The predicted octanol–water partition coefficient (Wildman–Crippen LogP) is 3.32. The van der Waals surface area contributed by atoms with Gasteiger partial charge in [-0.2, -0.15) is 0 Å². The molecule has 3 rings (SSSR count). The molecular formula is C17H16N2O2S. The van der Waals surface area contributed by atoms with E-state index in [-0.39, 0.29) is 9.92 Å². The lowest BCUT2D eigenvalue weighted by Gasteiger charge is -2.03. The molecule has 3 aromatic rings. The van der Waals surface area contributed by atoms with E-state index in [4.69, 9.17) is 0 Å². The Morgan fingerprint density at radius 1 is 0.864 bits per heavy atom. The average molecular weight is 312 g/mol. The highest BCUT2D eigenvalue weighted by Gasteiger charge is 2.20. The van der Waals surface area contributed by atoms with E-state index in [0.717, 1.165) is 16.8 Å². The van der Waals surface area contributed by atoms with Crippen LogP contribution in [0.2, 0.25) is 0 Å². The van der Waals surface area contributed by atoms with Crippen molar-refractivity contribution in [3.63, 3.8) is 0 Å². The van der Waals surface area contributed by atoms with Crippen LogP contribution < -0.4 is 0 Å². The van der Waals surface area contributed by atoms with Crippen LogP contribution in [0.15, 0.2) is 71.0 Å². The maximum atomic E-state index is 12.6. The summed E-state index contributed by atoms with van der Waals surface area (Å²) in [5.41, 5.74) is 3.05. The molecule has 1 aromatic heterocycles. The number of rotatable bonds is 3. The summed E-state index contributed by atoms with van der Waals surface area (Å²) in [4.78, 5) is 4.32. The molecule has 112 valence electrons. The van der Waals surface area contributed by atoms with Gasteiger partial charge in [0, 0.05) is 11.9 Å². The van der Waals surface area contributed by atoms with E-state index in [1.807, 2.05) is 38.1 Å². The van der Waals surface area contributed by atoms with Crippen molar-refractivity contribution in [2.75, 3.05) is 0 Å². The second kappa shape index (κ2) is 5.42. The van der Waals surface area contributed by atoms with E-state index in [0.29, 0.717) is 0 Å². The number of aromatic nitrogens is 2. The summed E-state index contributed by atoms with van der Waals surface area (Å²) in [6.45, 7) is 3.92. The van der Waals surface area contributed by atoms with Crippen LogP contribution >= 0.6 is 0 Å². The Balaban J connectivity index is 1.99. The van der Waals surface area contributed by atoms with E-state index in [1.165, 1.54) is 6.33 Å². The second-order valence-electron chi connectivity index (χ2n) is 5.27. The molecule has 22 heavy (non-hydrogen) atoms. The van der Waals surface area contributed by atoms with Gasteiger partial charge in [-0.05, 0) is 38.1 Å². The van der Waals surface area contributed by atoms with Gasteiger partial charge in [-0.3, -0.25) is 0 Å². The molecule has 0 spiro atoms. The Morgan fingerprint density at radius 2 is 1.41 bits per heavy atom. The van der Waals surface area contributed by atoms with Crippen LogP contribution in [0.4, 0.5) is 0 Å². The lowest BCUT2D eigenvalue weighted by molar-refractivity contribution is 0.593. The number of nitrogens with zero attached hydrogens (tertiary/aromatic N) is 2. The lowest BCUT2D eigenvalue weighted by atomic mass is 10.2. The molecule has 0 aliphatic carbocycles. The van der Waals surface area contributed by atoms with Crippen LogP contribution in [0.25, 0.3) is 5.69 Å². The van der Waals surface area contributed by atoms with Crippen molar-refractivity contribution in [1.82, 2.24) is 9.55 Å². The maximum absolute atomic E-state index is 12.6. The van der Waals surface area contributed by atoms with Crippen molar-refractivity contribution >= 4 is 9.84 Å². The monoisotopic (exact) mass is 312 g/mol. The molecule has 0 unspecified atom stereocenters. The van der Waals surface area contributed by atoms with Crippen LogP contribution in [-0.2, 0) is 9.84 Å². The molecule has 0 saturated carbocycles. The average Bonchev–Trinajstić information content (AvgIpc) is 2.99. The molecule has 4 nitrogen and oxygen atoms in total. The van der Waals surface area contributed by atoms with Gasteiger partial charge >= 0.3 is 0 Å². The highest BCUT2D eigenvalue weighted by atomic mass is 32.2. The fourth-order valence-electron chi connectivity index (χ4n) is 2.14. The lowest BCUT2D eigenvalue weighted by Crippen LogP contribution is -2.02. The summed E-state index contributed by atoms with van der Waals surface area (Å²) in [6.07, 6.45) is 3.06. The second-order valence-corrected chi connectivity index (χ2v) is 7.17. The smallest absolute Gasteiger partial charge is 0.225 e. The normalized spacial score (nSPS) is 11.5. The van der Waals surface area contributed by atoms with Crippen LogP contribution in [0.5, 0.6) is 0 Å². The zero-order valence-corrected chi connectivity index (χ0v) is 13.2. The van der Waals surface area contributed by atoms with E-state index in [9.17, 15) is 8.42 Å². The van der Waals surface area contributed by atoms with E-state index in [2.05, 4.69) is 4.98 Å². The maximum Gasteiger partial charge on any atom is 0.225 e. The van der Waals surface area contributed by atoms with Gasteiger partial charge in [0.1, 0.15) is 6.33 Å². The van der Waals surface area contributed by atoms with Gasteiger partial charge in [0.2, 0.25) is 9.84 Å². The van der Waals surface area contributed by atoms with Crippen LogP contribution in [0.1, 0.15) is 11.1 Å². The molecule has 1 heterocycles. The zero-order valence-electron chi connectivity index (χ0n) is 12.4. The first-order valence-corrected chi connectivity index (χ1v) is 8.38. The Bertz CT molecular complexity index is 893. The Hall–Kier alpha value is -2.40. The fourth-order valence-corrected chi connectivity index (χ4v) is 3.31. The summed E-state index contributed by atoms with van der Waals surface area (Å²) in [5.74, 6) is 0.